The quantitative estimate of drug-likeness (QED) is 0.321. The zero-order valence-electron chi connectivity index (χ0n) is 18.8. The van der Waals surface area contributed by atoms with Crippen molar-refractivity contribution in [2.24, 2.45) is 0 Å². The van der Waals surface area contributed by atoms with Crippen LogP contribution in [0.5, 0.6) is 17.2 Å². The van der Waals surface area contributed by atoms with Crippen molar-refractivity contribution < 1.29 is 18.6 Å². The summed E-state index contributed by atoms with van der Waals surface area (Å²) in [5.41, 5.74) is 2.34. The van der Waals surface area contributed by atoms with Gasteiger partial charge in [0.05, 0.1) is 38.6 Å². The summed E-state index contributed by atoms with van der Waals surface area (Å²) in [5.74, 6) is 1.77. The zero-order chi connectivity index (χ0) is 24.1. The Hall–Kier alpha value is -4.03. The number of aromatic nitrogens is 3. The van der Waals surface area contributed by atoms with Gasteiger partial charge >= 0.3 is 0 Å². The van der Waals surface area contributed by atoms with Gasteiger partial charge in [-0.1, -0.05) is 42.1 Å². The number of rotatable bonds is 8. The van der Waals surface area contributed by atoms with E-state index < -0.39 is 5.82 Å². The first kappa shape index (κ1) is 23.1. The Morgan fingerprint density at radius 1 is 0.941 bits per heavy atom. The summed E-state index contributed by atoms with van der Waals surface area (Å²) < 4.78 is 32.9. The molecule has 3 aromatic carbocycles. The highest BCUT2D eigenvalue weighted by molar-refractivity contribution is 7.98. The summed E-state index contributed by atoms with van der Waals surface area (Å²) >= 11 is 1.36. The molecular weight excluding hydrogens is 455 g/mol. The van der Waals surface area contributed by atoms with Gasteiger partial charge in [-0.25, -0.2) is 4.39 Å². The van der Waals surface area contributed by atoms with Gasteiger partial charge in [0, 0.05) is 11.3 Å². The Labute approximate surface area is 200 Å². The molecule has 1 aromatic heterocycles. The first-order valence-corrected chi connectivity index (χ1v) is 11.2. The molecule has 34 heavy (non-hydrogen) atoms. The molecule has 0 amide bonds. The van der Waals surface area contributed by atoms with Gasteiger partial charge in [-0.3, -0.25) is 4.57 Å². The first-order chi connectivity index (χ1) is 16.6. The summed E-state index contributed by atoms with van der Waals surface area (Å²) in [6.07, 6.45) is 0. The largest absolute Gasteiger partial charge is 0.493 e. The van der Waals surface area contributed by atoms with Gasteiger partial charge in [-0.2, -0.15) is 5.26 Å². The van der Waals surface area contributed by atoms with Crippen LogP contribution >= 0.6 is 11.8 Å². The van der Waals surface area contributed by atoms with Crippen LogP contribution in [0.1, 0.15) is 11.1 Å². The van der Waals surface area contributed by atoms with E-state index in [1.165, 1.54) is 39.2 Å². The fourth-order valence-electron chi connectivity index (χ4n) is 3.51. The van der Waals surface area contributed by atoms with Gasteiger partial charge < -0.3 is 14.2 Å². The fourth-order valence-corrected chi connectivity index (χ4v) is 4.46. The van der Waals surface area contributed by atoms with E-state index in [9.17, 15) is 9.65 Å². The normalized spacial score (nSPS) is 10.6. The monoisotopic (exact) mass is 476 g/mol. The summed E-state index contributed by atoms with van der Waals surface area (Å²) in [6.45, 7) is 0. The Bertz CT molecular complexity index is 1340. The highest BCUT2D eigenvalue weighted by atomic mass is 32.2. The molecule has 0 saturated heterocycles. The Kier molecular flexibility index (Phi) is 6.99. The van der Waals surface area contributed by atoms with Crippen molar-refractivity contribution in [3.63, 3.8) is 0 Å². The number of benzene rings is 3. The van der Waals surface area contributed by atoms with Crippen molar-refractivity contribution in [3.05, 3.63) is 77.6 Å². The van der Waals surface area contributed by atoms with E-state index in [4.69, 9.17) is 14.2 Å². The Balaban J connectivity index is 1.84. The minimum atomic E-state index is -0.421. The molecule has 0 unspecified atom stereocenters. The van der Waals surface area contributed by atoms with Crippen molar-refractivity contribution in [2.45, 2.75) is 10.9 Å². The second-order valence-corrected chi connectivity index (χ2v) is 8.01. The van der Waals surface area contributed by atoms with Gasteiger partial charge in [0.2, 0.25) is 5.75 Å². The molecule has 0 atom stereocenters. The van der Waals surface area contributed by atoms with Gasteiger partial charge in [-0.05, 0) is 35.9 Å². The third-order valence-corrected chi connectivity index (χ3v) is 6.12. The minimum absolute atomic E-state index is 0.298. The molecule has 0 N–H and O–H groups in total. The molecule has 0 aliphatic carbocycles. The van der Waals surface area contributed by atoms with E-state index in [-0.39, 0.29) is 0 Å². The van der Waals surface area contributed by atoms with E-state index in [1.54, 1.807) is 41.0 Å². The number of methoxy groups -OCH3 is 3. The maximum atomic E-state index is 14.9. The number of hydrogen-bond donors (Lipinski definition) is 0. The van der Waals surface area contributed by atoms with Crippen LogP contribution in [0, 0.1) is 17.1 Å². The Morgan fingerprint density at radius 2 is 1.62 bits per heavy atom. The summed E-state index contributed by atoms with van der Waals surface area (Å²) in [6, 6.07) is 19.4. The van der Waals surface area contributed by atoms with E-state index >= 15 is 0 Å². The second-order valence-electron chi connectivity index (χ2n) is 7.06. The number of hydrogen-bond acceptors (Lipinski definition) is 7. The molecule has 1 heterocycles. The zero-order valence-corrected chi connectivity index (χ0v) is 19.6. The van der Waals surface area contributed by atoms with Crippen LogP contribution in [0.25, 0.3) is 17.1 Å². The van der Waals surface area contributed by atoms with E-state index in [2.05, 4.69) is 16.3 Å². The van der Waals surface area contributed by atoms with Crippen LogP contribution in [-0.4, -0.2) is 36.1 Å². The molecule has 0 radical (unpaired) electrons. The van der Waals surface area contributed by atoms with Crippen molar-refractivity contribution in [2.75, 3.05) is 21.3 Å². The molecule has 7 nitrogen and oxygen atoms in total. The van der Waals surface area contributed by atoms with Gasteiger partial charge in [-0.15, -0.1) is 10.2 Å². The SMILES string of the molecule is COc1cc(-c2nnc(SCc3ccccc3C#N)n2-c2ccccc2F)cc(OC)c1OC. The van der Waals surface area contributed by atoms with Crippen LogP contribution in [0.2, 0.25) is 0 Å². The molecule has 0 aliphatic heterocycles. The molecular formula is C25H21FN4O3S. The second kappa shape index (κ2) is 10.3. The molecule has 0 bridgehead atoms. The average molecular weight is 477 g/mol. The summed E-state index contributed by atoms with van der Waals surface area (Å²) in [5, 5.41) is 18.6. The molecule has 4 rings (SSSR count). The topological polar surface area (TPSA) is 82.2 Å². The smallest absolute Gasteiger partial charge is 0.203 e. The van der Waals surface area contributed by atoms with Crippen LogP contribution in [0.4, 0.5) is 4.39 Å². The van der Waals surface area contributed by atoms with Crippen molar-refractivity contribution in [1.82, 2.24) is 14.8 Å². The average Bonchev–Trinajstić information content (AvgIpc) is 3.30. The van der Waals surface area contributed by atoms with Crippen molar-refractivity contribution >= 4 is 11.8 Å². The van der Waals surface area contributed by atoms with E-state index in [1.807, 2.05) is 18.2 Å². The van der Waals surface area contributed by atoms with Crippen LogP contribution < -0.4 is 14.2 Å². The van der Waals surface area contributed by atoms with Crippen molar-refractivity contribution in [1.29, 1.82) is 5.26 Å². The van der Waals surface area contributed by atoms with Crippen LogP contribution in [-0.2, 0) is 5.75 Å². The van der Waals surface area contributed by atoms with E-state index in [0.29, 0.717) is 50.8 Å². The molecule has 4 aromatic rings. The lowest BCUT2D eigenvalue weighted by Crippen LogP contribution is -2.03. The minimum Gasteiger partial charge on any atom is -0.493 e. The third kappa shape index (κ3) is 4.40. The molecule has 0 fully saturated rings. The predicted molar refractivity (Wildman–Crippen MR) is 127 cm³/mol. The molecule has 0 aliphatic rings. The number of nitriles is 1. The van der Waals surface area contributed by atoms with E-state index in [0.717, 1.165) is 5.56 Å². The number of nitrogens with zero attached hydrogens (tertiary/aromatic N) is 4. The standard InChI is InChI=1S/C25H21FN4O3S/c1-31-21-12-18(13-22(32-2)23(21)33-3)24-28-29-25(30(24)20-11-7-6-10-19(20)26)34-15-17-9-5-4-8-16(17)14-27/h4-13H,15H2,1-3H3. The number of halogens is 1. The fraction of sp³-hybridized carbons (Fsp3) is 0.160. The third-order valence-electron chi connectivity index (χ3n) is 5.14. The van der Waals surface area contributed by atoms with Gasteiger partial charge in [0.25, 0.3) is 0 Å². The summed E-state index contributed by atoms with van der Waals surface area (Å²) in [4.78, 5) is 0. The maximum Gasteiger partial charge on any atom is 0.203 e. The highest BCUT2D eigenvalue weighted by Crippen LogP contribution is 2.42. The van der Waals surface area contributed by atoms with Gasteiger partial charge in [0.1, 0.15) is 5.82 Å². The van der Waals surface area contributed by atoms with Crippen LogP contribution in [0.3, 0.4) is 0 Å². The summed E-state index contributed by atoms with van der Waals surface area (Å²) in [7, 11) is 4.57. The lowest BCUT2D eigenvalue weighted by atomic mass is 10.1. The number of ether oxygens (including phenoxy) is 3. The predicted octanol–water partition coefficient (Wildman–Crippen LogP) is 5.26. The Morgan fingerprint density at radius 3 is 2.26 bits per heavy atom. The molecule has 0 saturated carbocycles. The lowest BCUT2D eigenvalue weighted by molar-refractivity contribution is 0.324. The lowest BCUT2D eigenvalue weighted by Gasteiger charge is -2.15. The van der Waals surface area contributed by atoms with Gasteiger partial charge in [0.15, 0.2) is 22.5 Å². The van der Waals surface area contributed by atoms with Crippen molar-refractivity contribution in [3.8, 4) is 40.4 Å². The molecule has 9 heteroatoms. The molecule has 0 spiro atoms. The first-order valence-electron chi connectivity index (χ1n) is 10.2. The maximum absolute atomic E-state index is 14.9. The molecule has 172 valence electrons. The number of thioether (sulfide) groups is 1. The highest BCUT2D eigenvalue weighted by Gasteiger charge is 2.22. The van der Waals surface area contributed by atoms with Crippen LogP contribution in [0.15, 0.2) is 65.8 Å². The number of para-hydroxylation sites is 1.